The lowest BCUT2D eigenvalue weighted by Crippen LogP contribution is -2.19. The molecule has 0 heterocycles. The molecule has 0 aliphatic rings. The molecule has 0 aliphatic carbocycles. The average Bonchev–Trinajstić information content (AvgIpc) is 2.45. The first-order chi connectivity index (χ1) is 10.3. The summed E-state index contributed by atoms with van der Waals surface area (Å²) in [7, 11) is 3.70. The van der Waals surface area contributed by atoms with Gasteiger partial charge in [-0.2, -0.15) is 0 Å². The summed E-state index contributed by atoms with van der Waals surface area (Å²) in [6.07, 6.45) is -4.84. The van der Waals surface area contributed by atoms with Crippen molar-refractivity contribution in [1.82, 2.24) is 0 Å². The van der Waals surface area contributed by atoms with Gasteiger partial charge in [-0.1, -0.05) is 12.1 Å². The lowest BCUT2D eigenvalue weighted by Gasteiger charge is -2.14. The van der Waals surface area contributed by atoms with Gasteiger partial charge in [-0.3, -0.25) is 4.79 Å². The van der Waals surface area contributed by atoms with Crippen molar-refractivity contribution in [3.63, 3.8) is 0 Å². The molecule has 22 heavy (non-hydrogen) atoms. The summed E-state index contributed by atoms with van der Waals surface area (Å²) in [5.41, 5.74) is 1.05. The Kier molecular flexibility index (Phi) is 4.40. The molecular formula is C16H14F3NO2. The number of carbonyl (C=O) groups excluding carboxylic acids is 1. The zero-order valence-corrected chi connectivity index (χ0v) is 12.0. The fourth-order valence-electron chi connectivity index (χ4n) is 1.93. The summed E-state index contributed by atoms with van der Waals surface area (Å²) < 4.78 is 41.1. The Morgan fingerprint density at radius 3 is 2.14 bits per heavy atom. The number of benzene rings is 2. The fourth-order valence-corrected chi connectivity index (χ4v) is 1.93. The number of nitrogens with zero attached hydrogens (tertiary/aromatic N) is 1. The Morgan fingerprint density at radius 1 is 1.00 bits per heavy atom. The summed E-state index contributed by atoms with van der Waals surface area (Å²) in [5, 5.41) is 0. The van der Waals surface area contributed by atoms with Crippen LogP contribution in [0.4, 0.5) is 18.9 Å². The van der Waals surface area contributed by atoms with Crippen molar-refractivity contribution in [2.24, 2.45) is 0 Å². The van der Waals surface area contributed by atoms with Gasteiger partial charge in [0.15, 0.2) is 5.78 Å². The van der Waals surface area contributed by atoms with Crippen molar-refractivity contribution in [1.29, 1.82) is 0 Å². The van der Waals surface area contributed by atoms with Crippen molar-refractivity contribution >= 4 is 11.5 Å². The molecule has 6 heteroatoms. The monoisotopic (exact) mass is 309 g/mol. The zero-order valence-electron chi connectivity index (χ0n) is 12.0. The lowest BCUT2D eigenvalue weighted by atomic mass is 10.0. The van der Waals surface area contributed by atoms with Crippen LogP contribution in [-0.2, 0) is 0 Å². The molecule has 2 aromatic carbocycles. The molecule has 2 rings (SSSR count). The maximum absolute atomic E-state index is 12.4. The molecule has 0 bridgehead atoms. The molecule has 0 spiro atoms. The molecule has 2 aromatic rings. The molecule has 0 atom stereocenters. The molecule has 0 aromatic heterocycles. The first-order valence-corrected chi connectivity index (χ1v) is 6.45. The van der Waals surface area contributed by atoms with Gasteiger partial charge in [0.1, 0.15) is 5.75 Å². The minimum atomic E-state index is -4.84. The third-order valence-corrected chi connectivity index (χ3v) is 3.00. The minimum Gasteiger partial charge on any atom is -0.405 e. The van der Waals surface area contributed by atoms with E-state index in [1.807, 2.05) is 19.0 Å². The highest BCUT2D eigenvalue weighted by Crippen LogP contribution is 2.28. The smallest absolute Gasteiger partial charge is 0.405 e. The Morgan fingerprint density at radius 2 is 1.59 bits per heavy atom. The molecule has 3 nitrogen and oxygen atoms in total. The number of halogens is 3. The molecular weight excluding hydrogens is 295 g/mol. The van der Waals surface area contributed by atoms with E-state index in [1.54, 1.807) is 24.3 Å². The van der Waals surface area contributed by atoms with Crippen LogP contribution >= 0.6 is 0 Å². The highest BCUT2D eigenvalue weighted by Gasteiger charge is 2.32. The number of hydrogen-bond donors (Lipinski definition) is 0. The Hall–Kier alpha value is -2.50. The molecule has 0 N–H and O–H groups in total. The Balaban J connectivity index is 2.33. The zero-order chi connectivity index (χ0) is 16.3. The van der Waals surface area contributed by atoms with E-state index in [0.717, 1.165) is 11.8 Å². The van der Waals surface area contributed by atoms with Crippen LogP contribution in [0.5, 0.6) is 5.75 Å². The molecule has 116 valence electrons. The Labute approximate surface area is 125 Å². The maximum Gasteiger partial charge on any atom is 0.573 e. The fraction of sp³-hybridized carbons (Fsp3) is 0.188. The van der Waals surface area contributed by atoms with Gasteiger partial charge in [0.05, 0.1) is 5.56 Å². The van der Waals surface area contributed by atoms with E-state index in [-0.39, 0.29) is 5.56 Å². The SMILES string of the molecule is CN(C)c1ccc(C(=O)c2ccccc2OC(F)(F)F)cc1. The van der Waals surface area contributed by atoms with E-state index in [1.165, 1.54) is 18.2 Å². The lowest BCUT2D eigenvalue weighted by molar-refractivity contribution is -0.274. The van der Waals surface area contributed by atoms with Crippen LogP contribution in [0.2, 0.25) is 0 Å². The predicted octanol–water partition coefficient (Wildman–Crippen LogP) is 3.88. The number of hydrogen-bond acceptors (Lipinski definition) is 3. The van der Waals surface area contributed by atoms with E-state index in [0.29, 0.717) is 5.56 Å². The molecule has 0 saturated carbocycles. The second-order valence-corrected chi connectivity index (χ2v) is 4.81. The molecule has 0 aliphatic heterocycles. The van der Waals surface area contributed by atoms with Gasteiger partial charge < -0.3 is 9.64 Å². The highest BCUT2D eigenvalue weighted by molar-refractivity contribution is 6.10. The number of ketones is 1. The molecule has 0 amide bonds. The van der Waals surface area contributed by atoms with Crippen LogP contribution < -0.4 is 9.64 Å². The standard InChI is InChI=1S/C16H14F3NO2/c1-20(2)12-9-7-11(8-10-12)15(21)13-5-3-4-6-14(13)22-16(17,18)19/h3-10H,1-2H3. The second-order valence-electron chi connectivity index (χ2n) is 4.81. The van der Waals surface area contributed by atoms with Gasteiger partial charge in [0.25, 0.3) is 0 Å². The van der Waals surface area contributed by atoms with Crippen LogP contribution in [0.1, 0.15) is 15.9 Å². The van der Waals surface area contributed by atoms with E-state index in [9.17, 15) is 18.0 Å². The first kappa shape index (κ1) is 15.9. The quantitative estimate of drug-likeness (QED) is 0.803. The highest BCUT2D eigenvalue weighted by atomic mass is 19.4. The van der Waals surface area contributed by atoms with Crippen LogP contribution in [0, 0.1) is 0 Å². The first-order valence-electron chi connectivity index (χ1n) is 6.45. The topological polar surface area (TPSA) is 29.5 Å². The summed E-state index contributed by atoms with van der Waals surface area (Å²) in [4.78, 5) is 14.2. The second kappa shape index (κ2) is 6.09. The van der Waals surface area contributed by atoms with E-state index < -0.39 is 17.9 Å². The predicted molar refractivity (Wildman–Crippen MR) is 77.3 cm³/mol. The van der Waals surface area contributed by atoms with Crippen molar-refractivity contribution in [2.75, 3.05) is 19.0 Å². The van der Waals surface area contributed by atoms with Crippen LogP contribution in [0.15, 0.2) is 48.5 Å². The van der Waals surface area contributed by atoms with Crippen molar-refractivity contribution < 1.29 is 22.7 Å². The van der Waals surface area contributed by atoms with Gasteiger partial charge in [-0.05, 0) is 36.4 Å². The third-order valence-electron chi connectivity index (χ3n) is 3.00. The summed E-state index contributed by atoms with van der Waals surface area (Å²) in [6.45, 7) is 0. The van der Waals surface area contributed by atoms with Crippen molar-refractivity contribution in [2.45, 2.75) is 6.36 Å². The van der Waals surface area contributed by atoms with E-state index in [4.69, 9.17) is 0 Å². The van der Waals surface area contributed by atoms with Crippen molar-refractivity contribution in [3.05, 3.63) is 59.7 Å². The minimum absolute atomic E-state index is 0.127. The van der Waals surface area contributed by atoms with Gasteiger partial charge in [0, 0.05) is 25.3 Å². The number of alkyl halides is 3. The maximum atomic E-state index is 12.4. The van der Waals surface area contributed by atoms with Gasteiger partial charge in [-0.15, -0.1) is 13.2 Å². The van der Waals surface area contributed by atoms with Crippen molar-refractivity contribution in [3.8, 4) is 5.75 Å². The van der Waals surface area contributed by atoms with Crippen LogP contribution in [0.3, 0.4) is 0 Å². The molecule has 0 fully saturated rings. The number of ether oxygens (including phenoxy) is 1. The van der Waals surface area contributed by atoms with Crippen LogP contribution in [0.25, 0.3) is 0 Å². The number of carbonyl (C=O) groups is 1. The summed E-state index contributed by atoms with van der Waals surface area (Å²) in [6, 6.07) is 11.9. The molecule has 0 radical (unpaired) electrons. The summed E-state index contributed by atoms with van der Waals surface area (Å²) >= 11 is 0. The van der Waals surface area contributed by atoms with E-state index in [2.05, 4.69) is 4.74 Å². The van der Waals surface area contributed by atoms with Gasteiger partial charge in [0.2, 0.25) is 0 Å². The van der Waals surface area contributed by atoms with E-state index >= 15 is 0 Å². The third kappa shape index (κ3) is 3.78. The summed E-state index contributed by atoms with van der Waals surface area (Å²) in [5.74, 6) is -1.03. The van der Waals surface area contributed by atoms with Crippen LogP contribution in [-0.4, -0.2) is 26.2 Å². The number of anilines is 1. The molecule has 0 saturated heterocycles. The number of para-hydroxylation sites is 1. The number of rotatable bonds is 4. The normalized spacial score (nSPS) is 11.1. The largest absolute Gasteiger partial charge is 0.573 e. The molecule has 0 unspecified atom stereocenters. The Bertz CT molecular complexity index is 664. The average molecular weight is 309 g/mol. The van der Waals surface area contributed by atoms with Gasteiger partial charge in [-0.25, -0.2) is 0 Å². The van der Waals surface area contributed by atoms with Gasteiger partial charge >= 0.3 is 6.36 Å².